The molecule has 1 aromatic rings. The number of pyridine rings is 1. The summed E-state index contributed by atoms with van der Waals surface area (Å²) in [5, 5.41) is 9.13. The highest BCUT2D eigenvalue weighted by atomic mass is 16.3. The summed E-state index contributed by atoms with van der Waals surface area (Å²) < 4.78 is 0. The van der Waals surface area contributed by atoms with Crippen molar-refractivity contribution in [3.05, 3.63) is 36.2 Å². The molecule has 0 unspecified atom stereocenters. The molecule has 3 nitrogen and oxygen atoms in total. The van der Waals surface area contributed by atoms with Crippen molar-refractivity contribution in [1.29, 1.82) is 0 Å². The molecule has 68 valence electrons. The van der Waals surface area contributed by atoms with Gasteiger partial charge in [-0.1, -0.05) is 12.1 Å². The van der Waals surface area contributed by atoms with E-state index in [1.54, 1.807) is 24.5 Å². The molecule has 1 heterocycles. The fraction of sp³-hybridized carbons (Fsp3) is 0.200. The average molecular weight is 177 g/mol. The summed E-state index contributed by atoms with van der Waals surface area (Å²) in [7, 11) is 0. The van der Waals surface area contributed by atoms with Gasteiger partial charge in [-0.3, -0.25) is 9.78 Å². The molecule has 1 atom stereocenters. The van der Waals surface area contributed by atoms with Crippen LogP contribution in [0.15, 0.2) is 30.6 Å². The lowest BCUT2D eigenvalue weighted by Crippen LogP contribution is -2.12. The van der Waals surface area contributed by atoms with Gasteiger partial charge in [0.2, 0.25) is 0 Å². The molecule has 0 bridgehead atoms. The van der Waals surface area contributed by atoms with E-state index < -0.39 is 6.10 Å². The van der Waals surface area contributed by atoms with Crippen molar-refractivity contribution in [2.75, 3.05) is 0 Å². The summed E-state index contributed by atoms with van der Waals surface area (Å²) >= 11 is 0. The van der Waals surface area contributed by atoms with Gasteiger partial charge in [-0.05, 0) is 24.6 Å². The van der Waals surface area contributed by atoms with Gasteiger partial charge in [0.25, 0.3) is 0 Å². The van der Waals surface area contributed by atoms with Crippen molar-refractivity contribution in [2.45, 2.75) is 13.0 Å². The van der Waals surface area contributed by atoms with Crippen molar-refractivity contribution < 1.29 is 9.90 Å². The summed E-state index contributed by atoms with van der Waals surface area (Å²) in [5.41, 5.74) is 0.864. The Balaban J connectivity index is 2.64. The Morgan fingerprint density at radius 2 is 2.46 bits per heavy atom. The fourth-order valence-electron chi connectivity index (χ4n) is 0.812. The third kappa shape index (κ3) is 3.17. The first-order valence-electron chi connectivity index (χ1n) is 3.97. The second-order valence-electron chi connectivity index (χ2n) is 2.70. The highest BCUT2D eigenvalue weighted by Crippen LogP contribution is 2.00. The van der Waals surface area contributed by atoms with Crippen LogP contribution >= 0.6 is 0 Å². The van der Waals surface area contributed by atoms with Gasteiger partial charge < -0.3 is 5.11 Å². The molecule has 0 aliphatic rings. The number of aliphatic hydroxyl groups excluding tert-OH is 1. The molecule has 0 amide bonds. The smallest absolute Gasteiger partial charge is 0.162 e. The minimum Gasteiger partial charge on any atom is -0.381 e. The van der Waals surface area contributed by atoms with Crippen molar-refractivity contribution in [1.82, 2.24) is 4.98 Å². The van der Waals surface area contributed by atoms with Gasteiger partial charge in [-0.25, -0.2) is 0 Å². The van der Waals surface area contributed by atoms with Crippen LogP contribution in [0.4, 0.5) is 0 Å². The number of hydrogen-bond acceptors (Lipinski definition) is 3. The Hall–Kier alpha value is -1.48. The van der Waals surface area contributed by atoms with Crippen molar-refractivity contribution in [3.8, 4) is 0 Å². The Morgan fingerprint density at radius 3 is 3.00 bits per heavy atom. The maximum Gasteiger partial charge on any atom is 0.162 e. The lowest BCUT2D eigenvalue weighted by molar-refractivity contribution is -0.122. The van der Waals surface area contributed by atoms with E-state index in [1.807, 2.05) is 6.07 Å². The van der Waals surface area contributed by atoms with Crippen LogP contribution in [0.2, 0.25) is 0 Å². The summed E-state index contributed by atoms with van der Waals surface area (Å²) in [5.74, 6) is -0.264. The molecule has 0 radical (unpaired) electrons. The normalized spacial score (nSPS) is 13.1. The lowest BCUT2D eigenvalue weighted by Gasteiger charge is -1.97. The van der Waals surface area contributed by atoms with E-state index in [9.17, 15) is 4.79 Å². The van der Waals surface area contributed by atoms with Crippen LogP contribution in [0.5, 0.6) is 0 Å². The molecule has 1 N–H and O–H groups in total. The zero-order valence-electron chi connectivity index (χ0n) is 7.34. The maximum atomic E-state index is 10.6. The van der Waals surface area contributed by atoms with E-state index in [0.717, 1.165) is 5.56 Å². The first kappa shape index (κ1) is 9.61. The topological polar surface area (TPSA) is 50.2 Å². The number of nitrogens with zero attached hydrogens (tertiary/aromatic N) is 1. The van der Waals surface area contributed by atoms with Crippen molar-refractivity contribution in [2.24, 2.45) is 0 Å². The van der Waals surface area contributed by atoms with Crippen LogP contribution in [-0.2, 0) is 4.79 Å². The van der Waals surface area contributed by atoms with Crippen molar-refractivity contribution >= 4 is 11.9 Å². The Morgan fingerprint density at radius 1 is 1.69 bits per heavy atom. The van der Waals surface area contributed by atoms with Crippen LogP contribution < -0.4 is 0 Å². The summed E-state index contributed by atoms with van der Waals surface area (Å²) in [6.07, 6.45) is 5.42. The van der Waals surface area contributed by atoms with Gasteiger partial charge in [-0.15, -0.1) is 0 Å². The Labute approximate surface area is 76.7 Å². The zero-order chi connectivity index (χ0) is 9.68. The van der Waals surface area contributed by atoms with Gasteiger partial charge in [0.05, 0.1) is 0 Å². The molecular formula is C10H11NO2. The largest absolute Gasteiger partial charge is 0.381 e. The molecule has 0 aliphatic heterocycles. The molecule has 13 heavy (non-hydrogen) atoms. The predicted octanol–water partition coefficient (Wildman–Crippen LogP) is 1.04. The minimum atomic E-state index is -1.01. The molecule has 0 fully saturated rings. The number of ketones is 1. The van der Waals surface area contributed by atoms with Gasteiger partial charge in [0.1, 0.15) is 6.10 Å². The molecule has 0 saturated carbocycles. The zero-order valence-corrected chi connectivity index (χ0v) is 7.34. The number of carbonyl (C=O) groups excluding carboxylic acids is 1. The highest BCUT2D eigenvalue weighted by molar-refractivity contribution is 5.83. The summed E-state index contributed by atoms with van der Waals surface area (Å²) in [6.45, 7) is 1.35. The maximum absolute atomic E-state index is 10.6. The van der Waals surface area contributed by atoms with E-state index in [-0.39, 0.29) is 5.78 Å². The van der Waals surface area contributed by atoms with E-state index in [4.69, 9.17) is 5.11 Å². The summed E-state index contributed by atoms with van der Waals surface area (Å²) in [4.78, 5) is 14.5. The Kier molecular flexibility index (Phi) is 3.34. The first-order valence-corrected chi connectivity index (χ1v) is 3.97. The average Bonchev–Trinajstić information content (AvgIpc) is 2.15. The monoisotopic (exact) mass is 177 g/mol. The quantitative estimate of drug-likeness (QED) is 0.750. The molecule has 3 heteroatoms. The second-order valence-corrected chi connectivity index (χ2v) is 2.70. The molecule has 0 spiro atoms. The van der Waals surface area contributed by atoms with E-state index in [0.29, 0.717) is 0 Å². The molecule has 0 saturated heterocycles. The molecule has 1 rings (SSSR count). The van der Waals surface area contributed by atoms with Crippen LogP contribution in [-0.4, -0.2) is 22.0 Å². The number of carbonyl (C=O) groups is 1. The summed E-state index contributed by atoms with van der Waals surface area (Å²) in [6, 6.07) is 3.64. The molecule has 1 aromatic heterocycles. The predicted molar refractivity (Wildman–Crippen MR) is 50.0 cm³/mol. The van der Waals surface area contributed by atoms with Crippen LogP contribution in [0, 0.1) is 0 Å². The van der Waals surface area contributed by atoms with E-state index in [1.165, 1.54) is 13.0 Å². The van der Waals surface area contributed by atoms with Crippen molar-refractivity contribution in [3.63, 3.8) is 0 Å². The second kappa shape index (κ2) is 4.52. The number of hydrogen-bond donors (Lipinski definition) is 1. The number of Topliss-reactive ketones (excluding diaryl/α,β-unsaturated/α-hetero) is 1. The van der Waals surface area contributed by atoms with E-state index >= 15 is 0 Å². The van der Waals surface area contributed by atoms with Gasteiger partial charge in [0.15, 0.2) is 5.78 Å². The fourth-order valence-corrected chi connectivity index (χ4v) is 0.812. The number of aliphatic hydroxyl groups is 1. The molecule has 0 aliphatic carbocycles. The van der Waals surface area contributed by atoms with Crippen LogP contribution in [0.1, 0.15) is 12.5 Å². The SMILES string of the molecule is CC(=O)[C@@H](O)/C=C/c1cccnc1. The first-order chi connectivity index (χ1) is 6.20. The van der Waals surface area contributed by atoms with E-state index in [2.05, 4.69) is 4.98 Å². The van der Waals surface area contributed by atoms with Crippen LogP contribution in [0.25, 0.3) is 6.08 Å². The third-order valence-electron chi connectivity index (χ3n) is 1.57. The molecule has 0 aromatic carbocycles. The number of rotatable bonds is 3. The van der Waals surface area contributed by atoms with Gasteiger partial charge >= 0.3 is 0 Å². The standard InChI is InChI=1S/C10H11NO2/c1-8(12)10(13)5-4-9-3-2-6-11-7-9/h2-7,10,13H,1H3/b5-4+/t10-/m0/s1. The van der Waals surface area contributed by atoms with Gasteiger partial charge in [-0.2, -0.15) is 0 Å². The van der Waals surface area contributed by atoms with Gasteiger partial charge in [0, 0.05) is 12.4 Å². The Bertz CT molecular complexity index is 306. The third-order valence-corrected chi connectivity index (χ3v) is 1.57. The van der Waals surface area contributed by atoms with Crippen LogP contribution in [0.3, 0.4) is 0 Å². The highest BCUT2D eigenvalue weighted by Gasteiger charge is 2.02. The minimum absolute atomic E-state index is 0.264. The number of aromatic nitrogens is 1. The molecular weight excluding hydrogens is 166 g/mol. The lowest BCUT2D eigenvalue weighted by atomic mass is 10.2.